The fraction of sp³-hybridized carbons (Fsp3) is 0.250. The molecule has 0 aliphatic rings. The van der Waals surface area contributed by atoms with E-state index in [0.717, 1.165) is 0 Å². The third kappa shape index (κ3) is 2.68. The number of amides is 1. The van der Waals surface area contributed by atoms with Crippen LogP contribution in [0.1, 0.15) is 30.2 Å². The van der Waals surface area contributed by atoms with Gasteiger partial charge in [0.2, 0.25) is 0 Å². The van der Waals surface area contributed by atoms with E-state index in [9.17, 15) is 4.79 Å². The molecule has 6 heteroatoms. The lowest BCUT2D eigenvalue weighted by atomic mass is 10.2. The Hall–Kier alpha value is -1.88. The summed E-state index contributed by atoms with van der Waals surface area (Å²) in [6.45, 7) is 4.02. The Morgan fingerprint density at radius 3 is 2.89 bits per heavy atom. The second-order valence-electron chi connectivity index (χ2n) is 4.10. The fourth-order valence-corrected chi connectivity index (χ4v) is 1.64. The molecule has 0 saturated carbocycles. The molecule has 94 valence electrons. The van der Waals surface area contributed by atoms with Crippen molar-refractivity contribution in [1.29, 1.82) is 0 Å². The molecule has 0 radical (unpaired) electrons. The third-order valence-corrected chi connectivity index (χ3v) is 2.69. The molecule has 0 spiro atoms. The minimum absolute atomic E-state index is 0.186. The van der Waals surface area contributed by atoms with E-state index >= 15 is 0 Å². The van der Waals surface area contributed by atoms with Crippen molar-refractivity contribution < 1.29 is 4.79 Å². The van der Waals surface area contributed by atoms with Gasteiger partial charge in [0.15, 0.2) is 0 Å². The van der Waals surface area contributed by atoms with Crippen LogP contribution in [0.4, 0.5) is 5.69 Å². The largest absolute Gasteiger partial charge is 0.319 e. The molecule has 0 aromatic carbocycles. The minimum atomic E-state index is -0.295. The first-order valence-electron chi connectivity index (χ1n) is 5.54. The minimum Gasteiger partial charge on any atom is -0.319 e. The maximum Gasteiger partial charge on any atom is 0.258 e. The number of hydrogen-bond donors (Lipinski definition) is 1. The zero-order valence-corrected chi connectivity index (χ0v) is 10.8. The van der Waals surface area contributed by atoms with E-state index in [1.165, 1.54) is 6.20 Å². The van der Waals surface area contributed by atoms with Gasteiger partial charge in [-0.05, 0) is 26.0 Å². The topological polar surface area (TPSA) is 59.8 Å². The molecule has 0 bridgehead atoms. The van der Waals surface area contributed by atoms with Crippen LogP contribution in [0.25, 0.3) is 0 Å². The molecule has 0 saturated heterocycles. The van der Waals surface area contributed by atoms with Gasteiger partial charge in [-0.2, -0.15) is 5.10 Å². The first-order chi connectivity index (χ1) is 8.58. The number of carbonyl (C=O) groups excluding carboxylic acids is 1. The van der Waals surface area contributed by atoms with Gasteiger partial charge in [-0.3, -0.25) is 9.48 Å². The number of anilines is 1. The van der Waals surface area contributed by atoms with E-state index in [2.05, 4.69) is 15.4 Å². The first kappa shape index (κ1) is 12.6. The maximum absolute atomic E-state index is 11.9. The summed E-state index contributed by atoms with van der Waals surface area (Å²) >= 11 is 5.85. The molecule has 0 aliphatic carbocycles. The van der Waals surface area contributed by atoms with E-state index in [1.54, 1.807) is 29.2 Å². The van der Waals surface area contributed by atoms with Gasteiger partial charge in [0.1, 0.15) is 5.15 Å². The average molecular weight is 265 g/mol. The summed E-state index contributed by atoms with van der Waals surface area (Å²) in [4.78, 5) is 15.8. The lowest BCUT2D eigenvalue weighted by Gasteiger charge is -2.04. The van der Waals surface area contributed by atoms with Crippen LogP contribution in [0.2, 0.25) is 5.15 Å². The number of nitrogens with zero attached hydrogens (tertiary/aromatic N) is 3. The van der Waals surface area contributed by atoms with Gasteiger partial charge < -0.3 is 5.32 Å². The summed E-state index contributed by atoms with van der Waals surface area (Å²) in [6, 6.07) is 3.54. The molecule has 1 amide bonds. The summed E-state index contributed by atoms with van der Waals surface area (Å²) in [7, 11) is 0. The summed E-state index contributed by atoms with van der Waals surface area (Å²) < 4.78 is 1.76. The normalized spacial score (nSPS) is 10.7. The van der Waals surface area contributed by atoms with Crippen molar-refractivity contribution in [3.8, 4) is 0 Å². The third-order valence-electron chi connectivity index (χ3n) is 2.39. The van der Waals surface area contributed by atoms with Crippen molar-refractivity contribution in [2.24, 2.45) is 0 Å². The van der Waals surface area contributed by atoms with Crippen LogP contribution in [-0.2, 0) is 0 Å². The SMILES string of the molecule is CC(C)n1cc(NC(=O)c2cccnc2Cl)cn1. The molecule has 0 unspecified atom stereocenters. The van der Waals surface area contributed by atoms with Crippen molar-refractivity contribution in [2.45, 2.75) is 19.9 Å². The molecular formula is C12H13ClN4O. The van der Waals surface area contributed by atoms with Crippen LogP contribution in [0.3, 0.4) is 0 Å². The molecule has 18 heavy (non-hydrogen) atoms. The van der Waals surface area contributed by atoms with Gasteiger partial charge in [0, 0.05) is 18.4 Å². The van der Waals surface area contributed by atoms with E-state index in [0.29, 0.717) is 11.3 Å². The molecule has 2 aromatic heterocycles. The second kappa shape index (κ2) is 5.18. The van der Waals surface area contributed by atoms with Crippen molar-refractivity contribution in [2.75, 3.05) is 5.32 Å². The zero-order chi connectivity index (χ0) is 13.1. The molecule has 2 aromatic rings. The Balaban J connectivity index is 2.14. The smallest absolute Gasteiger partial charge is 0.258 e. The van der Waals surface area contributed by atoms with Crippen LogP contribution in [0.15, 0.2) is 30.7 Å². The predicted molar refractivity (Wildman–Crippen MR) is 69.8 cm³/mol. The molecule has 0 fully saturated rings. The summed E-state index contributed by atoms with van der Waals surface area (Å²) in [6.07, 6.45) is 4.91. The van der Waals surface area contributed by atoms with Crippen LogP contribution in [0, 0.1) is 0 Å². The van der Waals surface area contributed by atoms with Crippen LogP contribution in [0.5, 0.6) is 0 Å². The fourth-order valence-electron chi connectivity index (χ4n) is 1.44. The zero-order valence-electron chi connectivity index (χ0n) is 10.1. The molecule has 1 N–H and O–H groups in total. The number of carbonyl (C=O) groups is 1. The van der Waals surface area contributed by atoms with E-state index in [-0.39, 0.29) is 17.1 Å². The number of hydrogen-bond acceptors (Lipinski definition) is 3. The predicted octanol–water partition coefficient (Wildman–Crippen LogP) is 2.76. The van der Waals surface area contributed by atoms with Crippen LogP contribution in [-0.4, -0.2) is 20.7 Å². The number of pyridine rings is 1. The molecule has 0 aliphatic heterocycles. The average Bonchev–Trinajstić information content (AvgIpc) is 2.78. The number of nitrogens with one attached hydrogen (secondary N) is 1. The number of halogens is 1. The Labute approximate surface area is 110 Å². The van der Waals surface area contributed by atoms with Gasteiger partial charge in [0.25, 0.3) is 5.91 Å². The lowest BCUT2D eigenvalue weighted by molar-refractivity contribution is 0.102. The van der Waals surface area contributed by atoms with E-state index in [4.69, 9.17) is 11.6 Å². The monoisotopic (exact) mass is 264 g/mol. The lowest BCUT2D eigenvalue weighted by Crippen LogP contribution is -2.12. The Kier molecular flexibility index (Phi) is 3.62. The van der Waals surface area contributed by atoms with Gasteiger partial charge in [-0.15, -0.1) is 0 Å². The molecule has 2 rings (SSSR count). The highest BCUT2D eigenvalue weighted by Crippen LogP contribution is 2.15. The quantitative estimate of drug-likeness (QED) is 0.867. The highest BCUT2D eigenvalue weighted by molar-refractivity contribution is 6.33. The summed E-state index contributed by atoms with van der Waals surface area (Å²) in [5.41, 5.74) is 0.977. The van der Waals surface area contributed by atoms with Gasteiger partial charge in [-0.25, -0.2) is 4.98 Å². The van der Waals surface area contributed by atoms with Crippen molar-refractivity contribution >= 4 is 23.2 Å². The van der Waals surface area contributed by atoms with Gasteiger partial charge in [0.05, 0.1) is 17.4 Å². The second-order valence-corrected chi connectivity index (χ2v) is 4.46. The highest BCUT2D eigenvalue weighted by atomic mass is 35.5. The van der Waals surface area contributed by atoms with Crippen molar-refractivity contribution in [3.05, 3.63) is 41.4 Å². The molecule has 0 atom stereocenters. The molecule has 2 heterocycles. The number of aromatic nitrogens is 3. The standard InChI is InChI=1S/C12H13ClN4O/c1-8(2)17-7-9(6-15-17)16-12(18)10-4-3-5-14-11(10)13/h3-8H,1-2H3,(H,16,18). The first-order valence-corrected chi connectivity index (χ1v) is 5.91. The van der Waals surface area contributed by atoms with E-state index < -0.39 is 0 Å². The Morgan fingerprint density at radius 2 is 2.28 bits per heavy atom. The molecular weight excluding hydrogens is 252 g/mol. The molecule has 5 nitrogen and oxygen atoms in total. The Morgan fingerprint density at radius 1 is 1.50 bits per heavy atom. The summed E-state index contributed by atoms with van der Waals surface area (Å²) in [5, 5.41) is 7.05. The van der Waals surface area contributed by atoms with Gasteiger partial charge >= 0.3 is 0 Å². The van der Waals surface area contributed by atoms with Crippen molar-refractivity contribution in [1.82, 2.24) is 14.8 Å². The Bertz CT molecular complexity index is 565. The maximum atomic E-state index is 11.9. The van der Waals surface area contributed by atoms with Crippen molar-refractivity contribution in [3.63, 3.8) is 0 Å². The van der Waals surface area contributed by atoms with Crippen LogP contribution >= 0.6 is 11.6 Å². The van der Waals surface area contributed by atoms with Gasteiger partial charge in [-0.1, -0.05) is 11.6 Å². The van der Waals surface area contributed by atoms with E-state index in [1.807, 2.05) is 13.8 Å². The summed E-state index contributed by atoms with van der Waals surface area (Å²) in [5.74, 6) is -0.295. The number of rotatable bonds is 3. The highest BCUT2D eigenvalue weighted by Gasteiger charge is 2.12. The van der Waals surface area contributed by atoms with Crippen LogP contribution < -0.4 is 5.32 Å².